The summed E-state index contributed by atoms with van der Waals surface area (Å²) in [6.07, 6.45) is 4.34. The van der Waals surface area contributed by atoms with E-state index < -0.39 is 0 Å². The molecule has 2 aliphatic rings. The third kappa shape index (κ3) is 3.08. The molecular weight excluding hydrogens is 326 g/mol. The molecule has 0 spiro atoms. The monoisotopic (exact) mass is 347 g/mol. The maximum Gasteiger partial charge on any atom is 0.267 e. The molecule has 1 aliphatic heterocycles. The van der Waals surface area contributed by atoms with Crippen LogP contribution in [0.3, 0.4) is 0 Å². The topological polar surface area (TPSA) is 73.1 Å². The Labute approximate surface area is 144 Å². The molecule has 0 amide bonds. The highest BCUT2D eigenvalue weighted by atomic mass is 32.1. The number of hydrogen-bond donors (Lipinski definition) is 0. The Morgan fingerprint density at radius 1 is 1.29 bits per heavy atom. The van der Waals surface area contributed by atoms with Gasteiger partial charge in [-0.25, -0.2) is 4.68 Å². The van der Waals surface area contributed by atoms with E-state index in [1.807, 2.05) is 0 Å². The quantitative estimate of drug-likeness (QED) is 0.811. The Hall–Kier alpha value is -1.80. The van der Waals surface area contributed by atoms with E-state index in [0.717, 1.165) is 47.3 Å². The predicted molar refractivity (Wildman–Crippen MR) is 91.5 cm³/mol. The van der Waals surface area contributed by atoms with E-state index in [2.05, 4.69) is 20.2 Å². The Kier molecular flexibility index (Phi) is 4.32. The molecule has 0 bridgehead atoms. The van der Waals surface area contributed by atoms with Crippen LogP contribution in [0.2, 0.25) is 0 Å². The second kappa shape index (κ2) is 6.60. The van der Waals surface area contributed by atoms with Crippen molar-refractivity contribution in [2.75, 3.05) is 25.1 Å². The molecule has 8 heteroatoms. The van der Waals surface area contributed by atoms with Crippen molar-refractivity contribution in [1.82, 2.24) is 20.0 Å². The van der Waals surface area contributed by atoms with Crippen LogP contribution in [0.1, 0.15) is 29.1 Å². The highest BCUT2D eigenvalue weighted by molar-refractivity contribution is 7.15. The number of fused-ring (bicyclic) bond motifs is 1. The largest absolute Gasteiger partial charge is 0.377 e. The van der Waals surface area contributed by atoms with Gasteiger partial charge < -0.3 is 9.64 Å². The van der Waals surface area contributed by atoms with E-state index in [1.165, 1.54) is 12.8 Å². The maximum atomic E-state index is 12.2. The normalized spacial score (nSPS) is 17.6. The van der Waals surface area contributed by atoms with Crippen molar-refractivity contribution >= 4 is 16.5 Å². The van der Waals surface area contributed by atoms with Gasteiger partial charge in [-0.15, -0.1) is 10.2 Å². The lowest BCUT2D eigenvalue weighted by Crippen LogP contribution is -2.49. The summed E-state index contributed by atoms with van der Waals surface area (Å²) in [7, 11) is 1.66. The van der Waals surface area contributed by atoms with Gasteiger partial charge in [-0.1, -0.05) is 11.3 Å². The lowest BCUT2D eigenvalue weighted by molar-refractivity contribution is 0.184. The summed E-state index contributed by atoms with van der Waals surface area (Å²) in [6, 6.07) is 1.79. The molecule has 0 radical (unpaired) electrons. The fourth-order valence-electron chi connectivity index (χ4n) is 3.37. The molecule has 1 saturated heterocycles. The van der Waals surface area contributed by atoms with Crippen LogP contribution in [-0.4, -0.2) is 40.2 Å². The summed E-state index contributed by atoms with van der Waals surface area (Å²) in [6.45, 7) is 2.98. The van der Waals surface area contributed by atoms with Crippen LogP contribution in [0.25, 0.3) is 0 Å². The van der Waals surface area contributed by atoms with Crippen LogP contribution in [0.4, 0.5) is 5.13 Å². The number of hydrogen-bond acceptors (Lipinski definition) is 7. The number of aromatic nitrogens is 4. The smallest absolute Gasteiger partial charge is 0.267 e. The van der Waals surface area contributed by atoms with Crippen molar-refractivity contribution in [2.45, 2.75) is 38.8 Å². The van der Waals surface area contributed by atoms with Gasteiger partial charge in [0, 0.05) is 32.2 Å². The fourth-order valence-corrected chi connectivity index (χ4v) is 4.20. The molecule has 0 atom stereocenters. The summed E-state index contributed by atoms with van der Waals surface area (Å²) in [5.74, 6) is 0.437. The summed E-state index contributed by atoms with van der Waals surface area (Å²) >= 11 is 1.57. The Morgan fingerprint density at radius 3 is 2.96 bits per heavy atom. The van der Waals surface area contributed by atoms with Gasteiger partial charge in [-0.3, -0.25) is 4.79 Å². The molecule has 0 unspecified atom stereocenters. The molecule has 128 valence electrons. The van der Waals surface area contributed by atoms with Crippen LogP contribution in [0.15, 0.2) is 10.9 Å². The van der Waals surface area contributed by atoms with E-state index in [9.17, 15) is 4.79 Å². The first-order valence-electron chi connectivity index (χ1n) is 8.39. The van der Waals surface area contributed by atoms with Gasteiger partial charge in [0.25, 0.3) is 5.56 Å². The van der Waals surface area contributed by atoms with Gasteiger partial charge >= 0.3 is 0 Å². The van der Waals surface area contributed by atoms with E-state index in [1.54, 1.807) is 29.2 Å². The van der Waals surface area contributed by atoms with E-state index in [0.29, 0.717) is 19.1 Å². The zero-order valence-corrected chi connectivity index (χ0v) is 14.6. The molecule has 7 nitrogen and oxygen atoms in total. The molecule has 1 fully saturated rings. The molecule has 1 aliphatic carbocycles. The van der Waals surface area contributed by atoms with Gasteiger partial charge in [0.05, 0.1) is 12.2 Å². The van der Waals surface area contributed by atoms with Crippen LogP contribution in [-0.2, 0) is 30.7 Å². The molecule has 3 heterocycles. The number of anilines is 1. The third-order valence-corrected chi connectivity index (χ3v) is 5.61. The minimum Gasteiger partial charge on any atom is -0.377 e. The lowest BCUT2D eigenvalue weighted by Gasteiger charge is -2.38. The van der Waals surface area contributed by atoms with Gasteiger partial charge in [0.2, 0.25) is 5.13 Å². The summed E-state index contributed by atoms with van der Waals surface area (Å²) < 4.78 is 6.73. The molecule has 4 rings (SSSR count). The highest BCUT2D eigenvalue weighted by Crippen LogP contribution is 2.28. The third-order valence-electron chi connectivity index (χ3n) is 4.66. The minimum absolute atomic E-state index is 0.0346. The standard InChI is InChI=1S/C16H21N5O2S/c1-23-10-14-17-18-16(24-14)20-7-11(8-20)9-21-15(22)6-12-4-2-3-5-13(12)19-21/h6,11H,2-5,7-10H2,1H3. The SMILES string of the molecule is COCc1nnc(N2CC(Cn3nc4c(cc3=O)CCCC4)C2)s1. The van der Waals surface area contributed by atoms with Crippen molar-refractivity contribution in [3.63, 3.8) is 0 Å². The first-order valence-corrected chi connectivity index (χ1v) is 9.21. The van der Waals surface area contributed by atoms with Gasteiger partial charge in [-0.2, -0.15) is 5.10 Å². The number of nitrogens with zero attached hydrogens (tertiary/aromatic N) is 5. The van der Waals surface area contributed by atoms with Gasteiger partial charge in [0.15, 0.2) is 0 Å². The van der Waals surface area contributed by atoms with E-state index in [-0.39, 0.29) is 5.56 Å². The summed E-state index contributed by atoms with van der Waals surface area (Å²) in [4.78, 5) is 14.4. The molecule has 0 saturated carbocycles. The number of rotatable bonds is 5. The molecule has 24 heavy (non-hydrogen) atoms. The Balaban J connectivity index is 1.38. The fraction of sp³-hybridized carbons (Fsp3) is 0.625. The van der Waals surface area contributed by atoms with Crippen molar-refractivity contribution in [2.24, 2.45) is 5.92 Å². The first kappa shape index (κ1) is 15.7. The lowest BCUT2D eigenvalue weighted by atomic mass is 9.97. The van der Waals surface area contributed by atoms with Crippen LogP contribution in [0.5, 0.6) is 0 Å². The molecular formula is C16H21N5O2S. The first-order chi connectivity index (χ1) is 11.7. The summed E-state index contributed by atoms with van der Waals surface area (Å²) in [5, 5.41) is 14.7. The van der Waals surface area contributed by atoms with Crippen LogP contribution < -0.4 is 10.5 Å². The summed E-state index contributed by atoms with van der Waals surface area (Å²) in [5.41, 5.74) is 2.30. The Morgan fingerprint density at radius 2 is 2.12 bits per heavy atom. The van der Waals surface area contributed by atoms with Crippen LogP contribution >= 0.6 is 11.3 Å². The molecule has 0 N–H and O–H groups in total. The number of aryl methyl sites for hydroxylation is 2. The zero-order valence-electron chi connectivity index (χ0n) is 13.8. The average molecular weight is 347 g/mol. The predicted octanol–water partition coefficient (Wildman–Crippen LogP) is 1.26. The zero-order chi connectivity index (χ0) is 16.5. The van der Waals surface area contributed by atoms with Crippen molar-refractivity contribution in [3.05, 3.63) is 32.7 Å². The Bertz CT molecular complexity index is 781. The average Bonchev–Trinajstić information content (AvgIpc) is 2.99. The van der Waals surface area contributed by atoms with Crippen LogP contribution in [0, 0.1) is 5.92 Å². The second-order valence-corrected chi connectivity index (χ2v) is 7.57. The molecule has 2 aromatic rings. The highest BCUT2D eigenvalue weighted by Gasteiger charge is 2.30. The number of methoxy groups -OCH3 is 1. The van der Waals surface area contributed by atoms with E-state index >= 15 is 0 Å². The van der Waals surface area contributed by atoms with Crippen molar-refractivity contribution in [1.29, 1.82) is 0 Å². The van der Waals surface area contributed by atoms with Crippen molar-refractivity contribution in [3.8, 4) is 0 Å². The van der Waals surface area contributed by atoms with Gasteiger partial charge in [0.1, 0.15) is 11.6 Å². The minimum atomic E-state index is 0.0346. The van der Waals surface area contributed by atoms with Crippen molar-refractivity contribution < 1.29 is 4.74 Å². The van der Waals surface area contributed by atoms with E-state index in [4.69, 9.17) is 4.74 Å². The number of ether oxygens (including phenoxy) is 1. The van der Waals surface area contributed by atoms with Gasteiger partial charge in [-0.05, 0) is 31.2 Å². The molecule has 2 aromatic heterocycles. The molecule has 0 aromatic carbocycles. The second-order valence-electron chi connectivity index (χ2n) is 6.53. The maximum absolute atomic E-state index is 12.2.